The van der Waals surface area contributed by atoms with Crippen LogP contribution >= 0.6 is 0 Å². The number of aliphatic hydroxyl groups is 7. The molecule has 7 N–H and O–H groups in total. The van der Waals surface area contributed by atoms with E-state index in [-0.39, 0.29) is 0 Å². The zero-order chi connectivity index (χ0) is 108. The molecular formula is C84H126O63. The first-order chi connectivity index (χ1) is 70.7. The normalized spacial score (nSPS) is 33.6. The highest BCUT2D eigenvalue weighted by Gasteiger charge is 2.67. The molecule has 840 valence electrons. The minimum Gasteiger partial charge on any atom is -0.435 e. The van der Waals surface area contributed by atoms with Gasteiger partial charge in [0.15, 0.2) is 129 Å². The molecule has 14 bridgehead atoms. The Morgan fingerprint density at radius 1 is 0.143 bits per heavy atom. The molecule has 0 amide bonds. The van der Waals surface area contributed by atoms with Crippen molar-refractivity contribution < 1.29 is 302 Å². The van der Waals surface area contributed by atoms with Gasteiger partial charge in [0.05, 0.1) is 139 Å². The number of aliphatic hydroxyl groups excluding tert-OH is 7. The van der Waals surface area contributed by atoms with E-state index < -0.39 is 440 Å². The lowest BCUT2D eigenvalue weighted by Gasteiger charge is -2.51. The molecule has 63 nitrogen and oxygen atoms in total. The van der Waals surface area contributed by atoms with Gasteiger partial charge in [-0.25, -0.2) is 67.1 Å². The van der Waals surface area contributed by atoms with Gasteiger partial charge in [-0.3, -0.25) is 0 Å². The molecule has 21 fully saturated rings. The molecule has 147 heavy (non-hydrogen) atoms. The molecular weight excluding hydrogens is 2020 g/mol. The van der Waals surface area contributed by atoms with E-state index >= 15 is 0 Å². The van der Waals surface area contributed by atoms with Crippen LogP contribution in [0.3, 0.4) is 0 Å². The molecule has 21 aliphatic heterocycles. The molecule has 0 aromatic rings. The number of ether oxygens (including phenoxy) is 42. The molecule has 21 saturated heterocycles. The second kappa shape index (κ2) is 61.2. The topological polar surface area (TPSA) is 768 Å². The highest BCUT2D eigenvalue weighted by Crippen LogP contribution is 2.45. The Balaban J connectivity index is 1.52. The molecule has 21 rings (SSSR count). The van der Waals surface area contributed by atoms with E-state index in [1.54, 1.807) is 0 Å². The van der Waals surface area contributed by atoms with E-state index in [4.69, 9.17) is 199 Å². The Kier molecular flexibility index (Phi) is 50.4. The highest BCUT2D eigenvalue weighted by atomic mass is 16.9. The maximum atomic E-state index is 14.3. The van der Waals surface area contributed by atoms with Crippen molar-refractivity contribution in [1.29, 1.82) is 0 Å². The fourth-order valence-electron chi connectivity index (χ4n) is 15.7. The lowest BCUT2D eigenvalue weighted by atomic mass is 9.94. The summed E-state index contributed by atoms with van der Waals surface area (Å²) < 4.78 is 246. The SMILES string of the molecule is CCOC(=O)OC1C2OC(CO)C(OC3OC(CO)C(OC4OC(CO)C(OC5OC(CO)C(OC6OC(CO)C(OC7OC(CO)C(OC8OC(CO)C(O2)C(OC(=O)OCC)C8OC(=O)OCC)C(OC(=O)OCC)C7OC(=O)OCC)C(OC(=O)OCC)C6OC(=O)OCC)C(OC(=O)OCC)C5OC(=O)OCC)C(OC(=O)OCC)C4OC(=O)OCC)C(OC(=O)OCC)C3OC(=O)OCC)C1OC(=O)OCC. The van der Waals surface area contributed by atoms with Crippen LogP contribution in [0.1, 0.15) is 96.9 Å². The van der Waals surface area contributed by atoms with Crippen LogP contribution in [0.2, 0.25) is 0 Å². The van der Waals surface area contributed by atoms with Gasteiger partial charge in [0, 0.05) is 0 Å². The third-order valence-electron chi connectivity index (χ3n) is 21.4. The van der Waals surface area contributed by atoms with E-state index in [1.807, 2.05) is 0 Å². The highest BCUT2D eigenvalue weighted by molar-refractivity contribution is 5.66. The summed E-state index contributed by atoms with van der Waals surface area (Å²) in [6.07, 6.45) is -113. The Hall–Kier alpha value is -11.1. The fraction of sp³-hybridized carbons (Fsp3) is 0.833. The summed E-state index contributed by atoms with van der Waals surface area (Å²) >= 11 is 0. The van der Waals surface area contributed by atoms with Crippen molar-refractivity contribution in [1.82, 2.24) is 0 Å². The van der Waals surface area contributed by atoms with Crippen LogP contribution < -0.4 is 0 Å². The summed E-state index contributed by atoms with van der Waals surface area (Å²) in [5.74, 6) is 0. The number of hydrogen-bond donors (Lipinski definition) is 7. The molecule has 0 spiro atoms. The van der Waals surface area contributed by atoms with Gasteiger partial charge in [-0.15, -0.1) is 0 Å². The number of hydrogen-bond acceptors (Lipinski definition) is 63. The van der Waals surface area contributed by atoms with Crippen LogP contribution in [0.4, 0.5) is 67.1 Å². The van der Waals surface area contributed by atoms with Crippen molar-refractivity contribution in [3.05, 3.63) is 0 Å². The maximum absolute atomic E-state index is 14.3. The smallest absolute Gasteiger partial charge is 0.435 e. The van der Waals surface area contributed by atoms with Gasteiger partial charge >= 0.3 is 86.2 Å². The van der Waals surface area contributed by atoms with Crippen molar-refractivity contribution in [3.63, 3.8) is 0 Å². The minimum atomic E-state index is -2.64. The molecule has 0 aliphatic carbocycles. The third-order valence-corrected chi connectivity index (χ3v) is 21.4. The lowest BCUT2D eigenvalue weighted by Crippen LogP contribution is -2.70. The predicted molar refractivity (Wildman–Crippen MR) is 451 cm³/mol. The largest absolute Gasteiger partial charge is 0.508 e. The Labute approximate surface area is 836 Å². The third kappa shape index (κ3) is 33.0. The van der Waals surface area contributed by atoms with Crippen LogP contribution in [-0.4, -0.2) is 476 Å². The zero-order valence-electron chi connectivity index (χ0n) is 82.0. The molecule has 35 atom stereocenters. The first-order valence-electron chi connectivity index (χ1n) is 46.8. The fourth-order valence-corrected chi connectivity index (χ4v) is 15.7. The summed E-state index contributed by atoms with van der Waals surface area (Å²) in [6, 6.07) is 0. The van der Waals surface area contributed by atoms with Crippen molar-refractivity contribution >= 4 is 86.2 Å². The maximum Gasteiger partial charge on any atom is 0.508 e. The number of carbonyl (C=O) groups excluding carboxylic acids is 14. The average Bonchev–Trinajstić information content (AvgIpc) is 0.897. The molecule has 0 saturated carbocycles. The van der Waals surface area contributed by atoms with Crippen LogP contribution in [-0.2, 0) is 199 Å². The van der Waals surface area contributed by atoms with Crippen molar-refractivity contribution in [2.45, 2.75) is 312 Å². The lowest BCUT2D eigenvalue weighted by molar-refractivity contribution is -0.396. The average molecular weight is 2140 g/mol. The van der Waals surface area contributed by atoms with Crippen molar-refractivity contribution in [3.8, 4) is 0 Å². The molecule has 0 aromatic heterocycles. The van der Waals surface area contributed by atoms with E-state index in [2.05, 4.69) is 0 Å². The van der Waals surface area contributed by atoms with Crippen LogP contribution in [0.15, 0.2) is 0 Å². The van der Waals surface area contributed by atoms with E-state index in [0.717, 1.165) is 0 Å². The predicted octanol–water partition coefficient (Wildman–Crippen LogP) is 1.30. The second-order valence-corrected chi connectivity index (χ2v) is 30.5. The van der Waals surface area contributed by atoms with Gasteiger partial charge < -0.3 is 235 Å². The van der Waals surface area contributed by atoms with Crippen LogP contribution in [0, 0.1) is 0 Å². The summed E-state index contributed by atoms with van der Waals surface area (Å²) in [5.41, 5.74) is 0. The van der Waals surface area contributed by atoms with Gasteiger partial charge in [-0.05, 0) is 96.9 Å². The van der Waals surface area contributed by atoms with E-state index in [0.29, 0.717) is 0 Å². The number of carbonyl (C=O) groups is 14. The van der Waals surface area contributed by atoms with Crippen LogP contribution in [0.5, 0.6) is 0 Å². The van der Waals surface area contributed by atoms with Crippen molar-refractivity contribution in [2.75, 3.05) is 139 Å². The molecule has 0 aromatic carbocycles. The van der Waals surface area contributed by atoms with Gasteiger partial charge in [0.1, 0.15) is 85.5 Å². The first-order valence-corrected chi connectivity index (χ1v) is 46.8. The van der Waals surface area contributed by atoms with Crippen molar-refractivity contribution in [2.24, 2.45) is 0 Å². The summed E-state index contributed by atoms with van der Waals surface area (Å²) in [5, 5.41) is 82.8. The Morgan fingerprint density at radius 2 is 0.224 bits per heavy atom. The quantitative estimate of drug-likeness (QED) is 0.0347. The second-order valence-electron chi connectivity index (χ2n) is 30.5. The zero-order valence-corrected chi connectivity index (χ0v) is 82.0. The monoisotopic (exact) mass is 2140 g/mol. The molecule has 21 aliphatic rings. The standard InChI is InChI=1S/C84H126O63/c1-15-106-71(92)134-50-43-36(29-85)120-64(57(50)141-78(99)113-22-8)128-44-37(30-86)122-66(59(143-80(101)115-24-10)51(44)135-72(93)107-16-2)130-46-39(32-88)124-68(61(145-82(103)117-26-12)53(46)137-74(95)109-18-4)132-48-41(34-90)126-70(63(147-84(105)119-28-14)55(48)139-76(97)111-20-6)133-49-42(35-91)125-69(62(146-83(104)118-27-13)56(49)140-77(98)112-21-7)131-47-40(33-89)123-67(60(144-81(102)116-25-11)54(47)138-75(96)110-19-5)129-45-38(31-87)121-65(127-43)58(142-79(100)114-23-9)52(45)136-73(94)108-17-3/h36-70,85-91H,15-35H2,1-14H3. The molecule has 35 unspecified atom stereocenters. The van der Waals surface area contributed by atoms with E-state index in [9.17, 15) is 103 Å². The Bertz CT molecular complexity index is 3400. The van der Waals surface area contributed by atoms with Crippen LogP contribution in [0.25, 0.3) is 0 Å². The van der Waals surface area contributed by atoms with Gasteiger partial charge in [0.25, 0.3) is 0 Å². The summed E-state index contributed by atoms with van der Waals surface area (Å²) in [7, 11) is 0. The first kappa shape index (κ1) is 121. The van der Waals surface area contributed by atoms with Gasteiger partial charge in [-0.2, -0.15) is 0 Å². The summed E-state index contributed by atoms with van der Waals surface area (Å²) in [6.45, 7) is -0.312. The summed E-state index contributed by atoms with van der Waals surface area (Å²) in [4.78, 5) is 200. The molecule has 63 heteroatoms. The van der Waals surface area contributed by atoms with Gasteiger partial charge in [0.2, 0.25) is 0 Å². The number of rotatable bonds is 35. The minimum absolute atomic E-state index is 0.555. The molecule has 0 radical (unpaired) electrons. The van der Waals surface area contributed by atoms with Gasteiger partial charge in [-0.1, -0.05) is 0 Å². The molecule has 21 heterocycles. The van der Waals surface area contributed by atoms with E-state index in [1.165, 1.54) is 96.9 Å². The Morgan fingerprint density at radius 3 is 0.299 bits per heavy atom.